The van der Waals surface area contributed by atoms with Crippen molar-refractivity contribution in [2.75, 3.05) is 6.54 Å². The topological polar surface area (TPSA) is 88.9 Å². The molecular formula is C21H22FN5O2S. The van der Waals surface area contributed by atoms with Crippen molar-refractivity contribution >= 4 is 23.2 Å². The summed E-state index contributed by atoms with van der Waals surface area (Å²) < 4.78 is 15.2. The van der Waals surface area contributed by atoms with Gasteiger partial charge in [-0.1, -0.05) is 25.0 Å². The maximum Gasteiger partial charge on any atom is 0.291 e. The Kier molecular flexibility index (Phi) is 6.18. The summed E-state index contributed by atoms with van der Waals surface area (Å²) in [7, 11) is 0. The molecule has 2 N–H and O–H groups in total. The molecule has 2 aromatic heterocycles. The summed E-state index contributed by atoms with van der Waals surface area (Å²) in [5.41, 5.74) is 0.473. The molecule has 30 heavy (non-hydrogen) atoms. The van der Waals surface area contributed by atoms with Gasteiger partial charge in [-0.05, 0) is 42.5 Å². The number of benzene rings is 1. The van der Waals surface area contributed by atoms with E-state index in [1.165, 1.54) is 28.2 Å². The molecule has 2 heterocycles. The zero-order valence-electron chi connectivity index (χ0n) is 16.3. The molecule has 0 saturated heterocycles. The molecule has 0 spiro atoms. The van der Waals surface area contributed by atoms with Crippen molar-refractivity contribution in [2.45, 2.75) is 38.1 Å². The molecule has 1 aliphatic carbocycles. The minimum atomic E-state index is -0.475. The van der Waals surface area contributed by atoms with Crippen LogP contribution in [0.15, 0.2) is 41.8 Å². The van der Waals surface area contributed by atoms with Crippen molar-refractivity contribution in [2.24, 2.45) is 0 Å². The van der Waals surface area contributed by atoms with E-state index in [-0.39, 0.29) is 30.7 Å². The Bertz CT molecular complexity index is 1030. The molecule has 1 aromatic carbocycles. The van der Waals surface area contributed by atoms with Crippen molar-refractivity contribution in [3.05, 3.63) is 53.4 Å². The van der Waals surface area contributed by atoms with Gasteiger partial charge in [0.25, 0.3) is 5.91 Å². The number of thiophene rings is 1. The highest BCUT2D eigenvalue weighted by Crippen LogP contribution is 2.25. The minimum Gasteiger partial charge on any atom is -0.353 e. The highest BCUT2D eigenvalue weighted by Gasteiger charge is 2.20. The number of carbonyl (C=O) groups excluding carboxylic acids is 2. The van der Waals surface area contributed by atoms with Crippen LogP contribution in [0.4, 0.5) is 4.39 Å². The Morgan fingerprint density at radius 2 is 2.03 bits per heavy atom. The molecule has 0 unspecified atom stereocenters. The largest absolute Gasteiger partial charge is 0.353 e. The zero-order chi connectivity index (χ0) is 20.9. The van der Waals surface area contributed by atoms with E-state index in [0.717, 1.165) is 30.6 Å². The predicted octanol–water partition coefficient (Wildman–Crippen LogP) is 3.31. The third kappa shape index (κ3) is 4.73. The molecule has 0 radical (unpaired) electrons. The first-order chi connectivity index (χ1) is 14.6. The number of aromatic nitrogens is 3. The van der Waals surface area contributed by atoms with Gasteiger partial charge in [0.1, 0.15) is 5.82 Å². The van der Waals surface area contributed by atoms with Gasteiger partial charge in [-0.15, -0.1) is 16.4 Å². The molecule has 0 atom stereocenters. The standard InChI is InChI=1S/C21H22FN5O2S/c22-14-5-3-8-16(13-14)27-20(17-9-4-12-30-17)25-19(26-27)21(29)23-11-10-18(28)24-15-6-1-2-7-15/h3-5,8-9,12-13,15H,1-2,6-7,10-11H2,(H,23,29)(H,24,28). The summed E-state index contributed by atoms with van der Waals surface area (Å²) in [6, 6.07) is 9.94. The van der Waals surface area contributed by atoms with Gasteiger partial charge in [-0.25, -0.2) is 14.1 Å². The summed E-state index contributed by atoms with van der Waals surface area (Å²) in [6.07, 6.45) is 4.53. The molecule has 7 nitrogen and oxygen atoms in total. The smallest absolute Gasteiger partial charge is 0.291 e. The van der Waals surface area contributed by atoms with Crippen LogP contribution in [-0.2, 0) is 4.79 Å². The van der Waals surface area contributed by atoms with Crippen molar-refractivity contribution in [3.63, 3.8) is 0 Å². The van der Waals surface area contributed by atoms with E-state index in [9.17, 15) is 14.0 Å². The Morgan fingerprint density at radius 1 is 1.20 bits per heavy atom. The van der Waals surface area contributed by atoms with E-state index in [2.05, 4.69) is 20.7 Å². The summed E-state index contributed by atoms with van der Waals surface area (Å²) in [5, 5.41) is 11.9. The fraction of sp³-hybridized carbons (Fsp3) is 0.333. The van der Waals surface area contributed by atoms with Gasteiger partial charge in [-0.2, -0.15) is 0 Å². The highest BCUT2D eigenvalue weighted by atomic mass is 32.1. The second kappa shape index (κ2) is 9.17. The quantitative estimate of drug-likeness (QED) is 0.605. The Balaban J connectivity index is 1.45. The lowest BCUT2D eigenvalue weighted by molar-refractivity contribution is -0.121. The zero-order valence-corrected chi connectivity index (χ0v) is 17.1. The minimum absolute atomic E-state index is 0.0288. The van der Waals surface area contributed by atoms with Gasteiger partial charge in [0.15, 0.2) is 5.82 Å². The molecule has 4 rings (SSSR count). The van der Waals surface area contributed by atoms with Gasteiger partial charge >= 0.3 is 0 Å². The van der Waals surface area contributed by atoms with E-state index in [4.69, 9.17) is 0 Å². The van der Waals surface area contributed by atoms with E-state index in [1.54, 1.807) is 12.1 Å². The molecule has 3 aromatic rings. The second-order valence-electron chi connectivity index (χ2n) is 7.18. The van der Waals surface area contributed by atoms with Crippen LogP contribution >= 0.6 is 11.3 Å². The van der Waals surface area contributed by atoms with E-state index >= 15 is 0 Å². The summed E-state index contributed by atoms with van der Waals surface area (Å²) >= 11 is 1.45. The van der Waals surface area contributed by atoms with Crippen molar-refractivity contribution < 1.29 is 14.0 Å². The lowest BCUT2D eigenvalue weighted by atomic mass is 10.2. The van der Waals surface area contributed by atoms with Crippen LogP contribution in [0.2, 0.25) is 0 Å². The average Bonchev–Trinajstić information content (AvgIpc) is 3.48. The molecule has 156 valence electrons. The Labute approximate surface area is 177 Å². The molecule has 2 amide bonds. The SMILES string of the molecule is O=C(CCNC(=O)c1nc(-c2cccs2)n(-c2cccc(F)c2)n1)NC1CCCC1. The van der Waals surface area contributed by atoms with Crippen molar-refractivity contribution in [3.8, 4) is 16.4 Å². The number of halogens is 1. The molecule has 0 aliphatic heterocycles. The fourth-order valence-electron chi connectivity index (χ4n) is 3.50. The third-order valence-electron chi connectivity index (χ3n) is 4.96. The van der Waals surface area contributed by atoms with Crippen LogP contribution in [0.1, 0.15) is 42.7 Å². The molecule has 1 saturated carbocycles. The molecular weight excluding hydrogens is 405 g/mol. The number of carbonyl (C=O) groups is 2. The number of nitrogens with one attached hydrogen (secondary N) is 2. The highest BCUT2D eigenvalue weighted by molar-refractivity contribution is 7.13. The first-order valence-corrected chi connectivity index (χ1v) is 10.8. The normalized spacial score (nSPS) is 14.0. The third-order valence-corrected chi connectivity index (χ3v) is 5.83. The van der Waals surface area contributed by atoms with Crippen molar-refractivity contribution in [1.82, 2.24) is 25.4 Å². The average molecular weight is 428 g/mol. The Hall–Kier alpha value is -3.07. The van der Waals surface area contributed by atoms with Crippen LogP contribution in [0.5, 0.6) is 0 Å². The van der Waals surface area contributed by atoms with E-state index in [1.807, 2.05) is 17.5 Å². The summed E-state index contributed by atoms with van der Waals surface area (Å²) in [5.74, 6) is -0.519. The van der Waals surface area contributed by atoms with Crippen LogP contribution in [0, 0.1) is 5.82 Å². The summed E-state index contributed by atoms with van der Waals surface area (Å²) in [4.78, 5) is 29.7. The first-order valence-electron chi connectivity index (χ1n) is 9.94. The molecule has 0 bridgehead atoms. The maximum atomic E-state index is 13.7. The van der Waals surface area contributed by atoms with E-state index in [0.29, 0.717) is 11.5 Å². The lowest BCUT2D eigenvalue weighted by Crippen LogP contribution is -2.35. The molecule has 1 aliphatic rings. The lowest BCUT2D eigenvalue weighted by Gasteiger charge is -2.11. The predicted molar refractivity (Wildman–Crippen MR) is 112 cm³/mol. The number of nitrogens with zero attached hydrogens (tertiary/aromatic N) is 3. The summed E-state index contributed by atoms with van der Waals surface area (Å²) in [6.45, 7) is 0.195. The first kappa shape index (κ1) is 20.2. The van der Waals surface area contributed by atoms with Gasteiger partial charge in [0.05, 0.1) is 10.6 Å². The van der Waals surface area contributed by atoms with Crippen LogP contribution in [-0.4, -0.2) is 39.2 Å². The maximum absolute atomic E-state index is 13.7. The molecule has 9 heteroatoms. The van der Waals surface area contributed by atoms with Gasteiger partial charge in [0.2, 0.25) is 11.7 Å². The second-order valence-corrected chi connectivity index (χ2v) is 8.13. The monoisotopic (exact) mass is 427 g/mol. The van der Waals surface area contributed by atoms with Crippen LogP contribution in [0.25, 0.3) is 16.4 Å². The Morgan fingerprint density at radius 3 is 2.77 bits per heavy atom. The van der Waals surface area contributed by atoms with Crippen LogP contribution in [0.3, 0.4) is 0 Å². The number of hydrogen-bond acceptors (Lipinski definition) is 5. The molecule has 1 fully saturated rings. The van der Waals surface area contributed by atoms with Gasteiger partial charge in [0, 0.05) is 19.0 Å². The van der Waals surface area contributed by atoms with Crippen molar-refractivity contribution in [1.29, 1.82) is 0 Å². The van der Waals surface area contributed by atoms with Gasteiger partial charge in [-0.3, -0.25) is 9.59 Å². The number of hydrogen-bond donors (Lipinski definition) is 2. The number of amides is 2. The number of rotatable bonds is 7. The van der Waals surface area contributed by atoms with Crippen LogP contribution < -0.4 is 10.6 Å². The van der Waals surface area contributed by atoms with Gasteiger partial charge < -0.3 is 10.6 Å². The fourth-order valence-corrected chi connectivity index (χ4v) is 4.20. The van der Waals surface area contributed by atoms with E-state index < -0.39 is 11.7 Å².